The average Bonchev–Trinajstić information content (AvgIpc) is 3.45. The van der Waals surface area contributed by atoms with Crippen LogP contribution in [0.2, 0.25) is 0 Å². The smallest absolute Gasteiger partial charge is 0.272 e. The Labute approximate surface area is 179 Å². The van der Waals surface area contributed by atoms with Gasteiger partial charge in [0.25, 0.3) is 5.91 Å². The molecule has 0 saturated heterocycles. The Morgan fingerprint density at radius 3 is 2.74 bits per heavy atom. The first kappa shape index (κ1) is 20.8. The SMILES string of the molecule is CC(C)CC(NC(=O)c1nn(-c2ccccc2F)c2c1CCC2)C(=O)Nc1ccn[nH]1. The Kier molecular flexibility index (Phi) is 5.83. The molecule has 31 heavy (non-hydrogen) atoms. The summed E-state index contributed by atoms with van der Waals surface area (Å²) >= 11 is 0. The minimum absolute atomic E-state index is 0.180. The van der Waals surface area contributed by atoms with Crippen LogP contribution in [0.25, 0.3) is 5.69 Å². The lowest BCUT2D eigenvalue weighted by Gasteiger charge is -2.19. The van der Waals surface area contributed by atoms with E-state index < -0.39 is 17.8 Å². The van der Waals surface area contributed by atoms with Crippen LogP contribution >= 0.6 is 0 Å². The lowest BCUT2D eigenvalue weighted by Crippen LogP contribution is -2.45. The van der Waals surface area contributed by atoms with Crippen molar-refractivity contribution in [1.82, 2.24) is 25.3 Å². The Bertz CT molecular complexity index is 1090. The molecule has 1 unspecified atom stereocenters. The Morgan fingerprint density at radius 1 is 1.23 bits per heavy atom. The third kappa shape index (κ3) is 4.35. The lowest BCUT2D eigenvalue weighted by molar-refractivity contribution is -0.118. The fourth-order valence-electron chi connectivity index (χ4n) is 3.92. The number of carbonyl (C=O) groups excluding carboxylic acids is 2. The van der Waals surface area contributed by atoms with Gasteiger partial charge in [0.1, 0.15) is 23.4 Å². The number of aromatic amines is 1. The van der Waals surface area contributed by atoms with Gasteiger partial charge in [0.2, 0.25) is 5.91 Å². The first-order valence-electron chi connectivity index (χ1n) is 10.4. The third-order valence-corrected chi connectivity index (χ3v) is 5.31. The molecule has 2 heterocycles. The highest BCUT2D eigenvalue weighted by Crippen LogP contribution is 2.28. The molecular formula is C22H25FN6O2. The van der Waals surface area contributed by atoms with Crippen LogP contribution in [0, 0.1) is 11.7 Å². The van der Waals surface area contributed by atoms with Crippen LogP contribution in [-0.4, -0.2) is 37.8 Å². The normalized spacial score (nSPS) is 13.8. The summed E-state index contributed by atoms with van der Waals surface area (Å²) in [7, 11) is 0. The minimum Gasteiger partial charge on any atom is -0.339 e. The highest BCUT2D eigenvalue weighted by Gasteiger charge is 2.30. The Hall–Kier alpha value is -3.49. The summed E-state index contributed by atoms with van der Waals surface area (Å²) in [6.45, 7) is 3.96. The number of rotatable bonds is 7. The number of nitrogens with one attached hydrogen (secondary N) is 3. The molecule has 9 heteroatoms. The van der Waals surface area contributed by atoms with Gasteiger partial charge in [-0.25, -0.2) is 9.07 Å². The van der Waals surface area contributed by atoms with Gasteiger partial charge in [-0.15, -0.1) is 0 Å². The molecule has 3 N–H and O–H groups in total. The van der Waals surface area contributed by atoms with E-state index in [-0.39, 0.29) is 17.5 Å². The lowest BCUT2D eigenvalue weighted by atomic mass is 10.0. The maximum absolute atomic E-state index is 14.4. The number of fused-ring (bicyclic) bond motifs is 1. The van der Waals surface area contributed by atoms with E-state index in [1.807, 2.05) is 13.8 Å². The second-order valence-corrected chi connectivity index (χ2v) is 8.11. The second-order valence-electron chi connectivity index (χ2n) is 8.11. The number of hydrogen-bond acceptors (Lipinski definition) is 4. The predicted octanol–water partition coefficient (Wildman–Crippen LogP) is 3.01. The molecule has 0 aliphatic heterocycles. The molecule has 8 nitrogen and oxygen atoms in total. The van der Waals surface area contributed by atoms with Crippen LogP contribution in [-0.2, 0) is 17.6 Å². The Balaban J connectivity index is 1.60. The Morgan fingerprint density at radius 2 is 2.03 bits per heavy atom. The number of para-hydroxylation sites is 1. The van der Waals surface area contributed by atoms with Crippen molar-refractivity contribution in [3.63, 3.8) is 0 Å². The number of benzene rings is 1. The highest BCUT2D eigenvalue weighted by atomic mass is 19.1. The van der Waals surface area contributed by atoms with Gasteiger partial charge in [0, 0.05) is 17.3 Å². The molecule has 2 amide bonds. The number of halogens is 1. The van der Waals surface area contributed by atoms with E-state index in [0.717, 1.165) is 24.1 Å². The fourth-order valence-corrected chi connectivity index (χ4v) is 3.92. The van der Waals surface area contributed by atoms with Crippen molar-refractivity contribution in [2.24, 2.45) is 5.92 Å². The van der Waals surface area contributed by atoms with Gasteiger partial charge in [-0.05, 0) is 43.7 Å². The third-order valence-electron chi connectivity index (χ3n) is 5.31. The molecule has 4 rings (SSSR count). The zero-order valence-corrected chi connectivity index (χ0v) is 17.5. The molecule has 0 radical (unpaired) electrons. The van der Waals surface area contributed by atoms with E-state index in [1.165, 1.54) is 16.9 Å². The number of carbonyl (C=O) groups is 2. The summed E-state index contributed by atoms with van der Waals surface area (Å²) in [6, 6.07) is 7.25. The van der Waals surface area contributed by atoms with E-state index in [2.05, 4.69) is 25.9 Å². The summed E-state index contributed by atoms with van der Waals surface area (Å²) in [5.41, 5.74) is 2.23. The molecule has 1 aliphatic carbocycles. The van der Waals surface area contributed by atoms with Crippen LogP contribution in [0.15, 0.2) is 36.5 Å². The zero-order valence-electron chi connectivity index (χ0n) is 17.5. The maximum Gasteiger partial charge on any atom is 0.272 e. The number of amides is 2. The predicted molar refractivity (Wildman–Crippen MR) is 113 cm³/mol. The molecule has 0 spiro atoms. The summed E-state index contributed by atoms with van der Waals surface area (Å²) < 4.78 is 15.9. The van der Waals surface area contributed by atoms with E-state index in [1.54, 1.807) is 24.3 Å². The average molecular weight is 424 g/mol. The second kappa shape index (κ2) is 8.71. The number of anilines is 1. The largest absolute Gasteiger partial charge is 0.339 e. The van der Waals surface area contributed by atoms with Crippen LogP contribution in [0.3, 0.4) is 0 Å². The molecular weight excluding hydrogens is 399 g/mol. The summed E-state index contributed by atoms with van der Waals surface area (Å²) in [5.74, 6) is -0.532. The first-order valence-corrected chi connectivity index (χ1v) is 10.4. The van der Waals surface area contributed by atoms with Crippen molar-refractivity contribution in [1.29, 1.82) is 0 Å². The topological polar surface area (TPSA) is 105 Å². The van der Waals surface area contributed by atoms with Crippen molar-refractivity contribution < 1.29 is 14.0 Å². The molecule has 3 aromatic rings. The summed E-state index contributed by atoms with van der Waals surface area (Å²) in [4.78, 5) is 25.9. The first-order chi connectivity index (χ1) is 14.9. The molecule has 1 aliphatic rings. The van der Waals surface area contributed by atoms with Gasteiger partial charge in [0.15, 0.2) is 5.69 Å². The van der Waals surface area contributed by atoms with E-state index in [9.17, 15) is 14.0 Å². The van der Waals surface area contributed by atoms with Gasteiger partial charge in [-0.3, -0.25) is 14.7 Å². The highest BCUT2D eigenvalue weighted by molar-refractivity contribution is 6.00. The number of nitrogens with zero attached hydrogens (tertiary/aromatic N) is 3. The van der Waals surface area contributed by atoms with Crippen LogP contribution in [0.5, 0.6) is 0 Å². The monoisotopic (exact) mass is 424 g/mol. The van der Waals surface area contributed by atoms with Crippen molar-refractivity contribution in [3.05, 3.63) is 59.3 Å². The van der Waals surface area contributed by atoms with Crippen molar-refractivity contribution >= 4 is 17.6 Å². The summed E-state index contributed by atoms with van der Waals surface area (Å²) in [6.07, 6.45) is 4.28. The molecule has 1 atom stereocenters. The van der Waals surface area contributed by atoms with Gasteiger partial charge in [-0.2, -0.15) is 10.2 Å². The molecule has 162 valence electrons. The van der Waals surface area contributed by atoms with Crippen molar-refractivity contribution in [3.8, 4) is 5.69 Å². The van der Waals surface area contributed by atoms with E-state index >= 15 is 0 Å². The number of aromatic nitrogens is 4. The van der Waals surface area contributed by atoms with E-state index in [4.69, 9.17) is 0 Å². The zero-order chi connectivity index (χ0) is 22.0. The van der Waals surface area contributed by atoms with Crippen LogP contribution < -0.4 is 10.6 Å². The molecule has 0 bridgehead atoms. The maximum atomic E-state index is 14.4. The summed E-state index contributed by atoms with van der Waals surface area (Å²) in [5, 5.41) is 16.5. The van der Waals surface area contributed by atoms with Crippen molar-refractivity contribution in [2.75, 3.05) is 5.32 Å². The van der Waals surface area contributed by atoms with Crippen LogP contribution in [0.1, 0.15) is 48.4 Å². The van der Waals surface area contributed by atoms with Gasteiger partial charge < -0.3 is 10.6 Å². The molecule has 0 saturated carbocycles. The van der Waals surface area contributed by atoms with Crippen molar-refractivity contribution in [2.45, 2.75) is 45.6 Å². The molecule has 2 aromatic heterocycles. The quantitative estimate of drug-likeness (QED) is 0.542. The molecule has 1 aromatic carbocycles. The minimum atomic E-state index is -0.744. The van der Waals surface area contributed by atoms with E-state index in [0.29, 0.717) is 24.3 Å². The van der Waals surface area contributed by atoms with Gasteiger partial charge in [-0.1, -0.05) is 26.0 Å². The molecule has 0 fully saturated rings. The standard InChI is InChI=1S/C22H25FN6O2/c1-13(2)12-16(21(30)26-19-10-11-24-27-19)25-22(31)20-14-6-5-9-17(14)29(28-20)18-8-4-3-7-15(18)23/h3-4,7-8,10-11,13,16H,5-6,9,12H2,1-2H3,(H,25,31)(H2,24,26,27,30). The van der Waals surface area contributed by atoms with Gasteiger partial charge >= 0.3 is 0 Å². The number of hydrogen-bond donors (Lipinski definition) is 3. The number of H-pyrrole nitrogens is 1. The fraction of sp³-hybridized carbons (Fsp3) is 0.364. The van der Waals surface area contributed by atoms with Gasteiger partial charge in [0.05, 0.1) is 6.20 Å². The van der Waals surface area contributed by atoms with Crippen LogP contribution in [0.4, 0.5) is 10.2 Å².